The van der Waals surface area contributed by atoms with E-state index in [1.54, 1.807) is 24.3 Å². The first kappa shape index (κ1) is 20.0. The number of anilines is 2. The average Bonchev–Trinajstić information content (AvgIpc) is 3.10. The molecular weight excluding hydrogens is 415 g/mol. The Morgan fingerprint density at radius 2 is 1.82 bits per heavy atom. The predicted molar refractivity (Wildman–Crippen MR) is 103 cm³/mol. The number of nitrogens with one attached hydrogen (secondary N) is 2. The number of benzene rings is 2. The second kappa shape index (κ2) is 8.49. The van der Waals surface area contributed by atoms with Crippen molar-refractivity contribution in [1.29, 1.82) is 0 Å². The Hall–Kier alpha value is -2.78. The number of nitrogens with zero attached hydrogens (tertiary/aromatic N) is 1. The molecule has 0 saturated carbocycles. The second-order valence-corrected chi connectivity index (χ2v) is 6.64. The van der Waals surface area contributed by atoms with E-state index >= 15 is 0 Å². The summed E-state index contributed by atoms with van der Waals surface area (Å²) in [5.41, 5.74) is 2.34. The molecule has 0 aliphatic rings. The third-order valence-corrected chi connectivity index (χ3v) is 4.62. The third-order valence-electron chi connectivity index (χ3n) is 3.40. The van der Waals surface area contributed by atoms with Crippen LogP contribution in [0.5, 0.6) is 5.75 Å². The van der Waals surface area contributed by atoms with Crippen molar-refractivity contribution >= 4 is 40.3 Å². The molecule has 3 aromatic rings. The highest BCUT2D eigenvalue weighted by atomic mass is 35.5. The lowest BCUT2D eigenvalue weighted by molar-refractivity contribution is -0.274. The summed E-state index contributed by atoms with van der Waals surface area (Å²) in [6.07, 6.45) is -4.80. The van der Waals surface area contributed by atoms with Gasteiger partial charge < -0.3 is 15.4 Å². The first-order chi connectivity index (χ1) is 13.3. The van der Waals surface area contributed by atoms with E-state index in [9.17, 15) is 18.0 Å². The van der Waals surface area contributed by atoms with Crippen LogP contribution in [0.2, 0.25) is 0 Å². The Kier molecular flexibility index (Phi) is 6.05. The smallest absolute Gasteiger partial charge is 0.406 e. The molecule has 1 heterocycles. The molecule has 0 unspecified atom stereocenters. The molecule has 1 aromatic heterocycles. The van der Waals surface area contributed by atoms with Gasteiger partial charge in [0.2, 0.25) is 0 Å². The largest absolute Gasteiger partial charge is 0.573 e. The number of urea groups is 1. The quantitative estimate of drug-likeness (QED) is 0.484. The summed E-state index contributed by atoms with van der Waals surface area (Å²) in [5.74, 6) is -0.0830. The van der Waals surface area contributed by atoms with Crippen LogP contribution < -0.4 is 15.4 Å². The third kappa shape index (κ3) is 5.61. The number of hydrogen-bond acceptors (Lipinski definition) is 4. The molecule has 0 bridgehead atoms. The van der Waals surface area contributed by atoms with Gasteiger partial charge in [0.05, 0.1) is 11.6 Å². The van der Waals surface area contributed by atoms with Crippen LogP contribution in [0.3, 0.4) is 0 Å². The van der Waals surface area contributed by atoms with Crippen molar-refractivity contribution in [3.05, 3.63) is 59.6 Å². The highest BCUT2D eigenvalue weighted by molar-refractivity contribution is 7.13. The summed E-state index contributed by atoms with van der Waals surface area (Å²) in [7, 11) is 0. The Morgan fingerprint density at radius 1 is 1.11 bits per heavy atom. The van der Waals surface area contributed by atoms with E-state index in [2.05, 4.69) is 20.4 Å². The maximum Gasteiger partial charge on any atom is 0.573 e. The van der Waals surface area contributed by atoms with E-state index in [0.717, 1.165) is 28.4 Å². The fourth-order valence-electron chi connectivity index (χ4n) is 2.26. The van der Waals surface area contributed by atoms with Gasteiger partial charge in [-0.15, -0.1) is 36.1 Å². The molecular formula is C18H13ClF3N3O2S. The van der Waals surface area contributed by atoms with E-state index < -0.39 is 18.1 Å². The van der Waals surface area contributed by atoms with Crippen LogP contribution in [0.1, 0.15) is 5.69 Å². The molecule has 146 valence electrons. The van der Waals surface area contributed by atoms with Gasteiger partial charge in [0.1, 0.15) is 10.8 Å². The Balaban J connectivity index is 1.61. The van der Waals surface area contributed by atoms with Gasteiger partial charge in [-0.25, -0.2) is 9.78 Å². The molecule has 0 atom stereocenters. The van der Waals surface area contributed by atoms with Gasteiger partial charge in [-0.3, -0.25) is 0 Å². The molecule has 0 fully saturated rings. The van der Waals surface area contributed by atoms with Gasteiger partial charge >= 0.3 is 12.4 Å². The fourth-order valence-corrected chi connectivity index (χ4v) is 3.32. The minimum atomic E-state index is -4.80. The molecule has 28 heavy (non-hydrogen) atoms. The van der Waals surface area contributed by atoms with E-state index in [1.165, 1.54) is 23.5 Å². The summed E-state index contributed by atoms with van der Waals surface area (Å²) < 4.78 is 40.6. The first-order valence-electron chi connectivity index (χ1n) is 7.87. The highest BCUT2D eigenvalue weighted by Crippen LogP contribution is 2.27. The molecule has 2 amide bonds. The number of halogens is 4. The van der Waals surface area contributed by atoms with Crippen LogP contribution in [0.25, 0.3) is 10.6 Å². The summed E-state index contributed by atoms with van der Waals surface area (Å²) in [4.78, 5) is 16.4. The van der Waals surface area contributed by atoms with Crippen molar-refractivity contribution in [1.82, 2.24) is 4.98 Å². The summed E-state index contributed by atoms with van der Waals surface area (Å²) in [6, 6.07) is 11.4. The minimum Gasteiger partial charge on any atom is -0.406 e. The van der Waals surface area contributed by atoms with Gasteiger partial charge in [-0.1, -0.05) is 6.07 Å². The minimum absolute atomic E-state index is 0.159. The van der Waals surface area contributed by atoms with Crippen molar-refractivity contribution in [3.63, 3.8) is 0 Å². The maximum atomic E-state index is 12.3. The summed E-state index contributed by atoms with van der Waals surface area (Å²) in [5, 5.41) is 7.74. The number of amides is 2. The second-order valence-electron chi connectivity index (χ2n) is 5.51. The van der Waals surface area contributed by atoms with E-state index in [-0.39, 0.29) is 5.69 Å². The van der Waals surface area contributed by atoms with Crippen molar-refractivity contribution in [3.8, 4) is 16.3 Å². The van der Waals surface area contributed by atoms with Gasteiger partial charge in [-0.05, 0) is 36.4 Å². The molecule has 3 rings (SSSR count). The van der Waals surface area contributed by atoms with Gasteiger partial charge in [0.15, 0.2) is 0 Å². The zero-order valence-corrected chi connectivity index (χ0v) is 15.7. The van der Waals surface area contributed by atoms with Crippen LogP contribution in [0, 0.1) is 0 Å². The standard InChI is InChI=1S/C18H13ClF3N3O2S/c19-9-14-10-28-16(23-14)11-4-6-12(7-5-11)24-17(26)25-13-2-1-3-15(8-13)27-18(20,21)22/h1-8,10H,9H2,(H2,24,25,26). The number of aromatic nitrogens is 1. The van der Waals surface area contributed by atoms with Crippen molar-refractivity contribution in [2.75, 3.05) is 10.6 Å². The Bertz CT molecular complexity index is 961. The number of rotatable bonds is 5. The van der Waals surface area contributed by atoms with Crippen LogP contribution >= 0.6 is 22.9 Å². The lowest BCUT2D eigenvalue weighted by atomic mass is 10.2. The maximum absolute atomic E-state index is 12.3. The molecule has 2 aromatic carbocycles. The molecule has 0 spiro atoms. The van der Waals surface area contributed by atoms with Crippen LogP contribution in [-0.2, 0) is 5.88 Å². The number of thiazole rings is 1. The van der Waals surface area contributed by atoms with E-state index in [1.807, 2.05) is 5.38 Å². The summed E-state index contributed by atoms with van der Waals surface area (Å²) in [6.45, 7) is 0. The lowest BCUT2D eigenvalue weighted by Gasteiger charge is -2.11. The molecule has 10 heteroatoms. The Labute approximate surface area is 167 Å². The number of ether oxygens (including phenoxy) is 1. The fraction of sp³-hybridized carbons (Fsp3) is 0.111. The van der Waals surface area contributed by atoms with Crippen molar-refractivity contribution in [2.24, 2.45) is 0 Å². The number of alkyl halides is 4. The first-order valence-corrected chi connectivity index (χ1v) is 9.28. The SMILES string of the molecule is O=C(Nc1ccc(-c2nc(CCl)cs2)cc1)Nc1cccc(OC(F)(F)F)c1. The molecule has 5 nitrogen and oxygen atoms in total. The van der Waals surface area contributed by atoms with Gasteiger partial charge in [-0.2, -0.15) is 0 Å². The van der Waals surface area contributed by atoms with Crippen LogP contribution in [-0.4, -0.2) is 17.4 Å². The normalized spacial score (nSPS) is 11.1. The predicted octanol–water partition coefficient (Wildman–Crippen LogP) is 6.09. The zero-order chi connectivity index (χ0) is 20.1. The topological polar surface area (TPSA) is 63.2 Å². The van der Waals surface area contributed by atoms with Gasteiger partial charge in [0.25, 0.3) is 0 Å². The van der Waals surface area contributed by atoms with Crippen LogP contribution in [0.15, 0.2) is 53.9 Å². The highest BCUT2D eigenvalue weighted by Gasteiger charge is 2.31. The molecule has 0 saturated heterocycles. The number of hydrogen-bond donors (Lipinski definition) is 2. The summed E-state index contributed by atoms with van der Waals surface area (Å²) >= 11 is 7.21. The lowest BCUT2D eigenvalue weighted by Crippen LogP contribution is -2.20. The average molecular weight is 428 g/mol. The van der Waals surface area contributed by atoms with E-state index in [0.29, 0.717) is 11.6 Å². The van der Waals surface area contributed by atoms with Crippen molar-refractivity contribution < 1.29 is 22.7 Å². The van der Waals surface area contributed by atoms with Crippen LogP contribution in [0.4, 0.5) is 29.3 Å². The molecule has 0 aliphatic heterocycles. The molecule has 0 aliphatic carbocycles. The zero-order valence-electron chi connectivity index (χ0n) is 14.1. The molecule has 0 radical (unpaired) electrons. The van der Waals surface area contributed by atoms with E-state index in [4.69, 9.17) is 11.6 Å². The number of carbonyl (C=O) groups excluding carboxylic acids is 1. The van der Waals surface area contributed by atoms with Crippen molar-refractivity contribution in [2.45, 2.75) is 12.2 Å². The molecule has 2 N–H and O–H groups in total. The Morgan fingerprint density at radius 3 is 2.46 bits per heavy atom. The number of carbonyl (C=O) groups is 1. The monoisotopic (exact) mass is 427 g/mol. The van der Waals surface area contributed by atoms with Gasteiger partial charge in [0, 0.05) is 28.4 Å².